The Morgan fingerprint density at radius 2 is 1.59 bits per heavy atom. The van der Waals surface area contributed by atoms with Gasteiger partial charge in [0.05, 0.1) is 24.3 Å². The van der Waals surface area contributed by atoms with Crippen molar-refractivity contribution in [2.24, 2.45) is 10.8 Å². The largest absolute Gasteiger partial charge is 0.203 e. The highest BCUT2D eigenvalue weighted by Crippen LogP contribution is 2.73. The lowest BCUT2D eigenvalue weighted by Crippen LogP contribution is -2.53. The Morgan fingerprint density at radius 3 is 2.14 bits per heavy atom. The van der Waals surface area contributed by atoms with Crippen molar-refractivity contribution in [3.63, 3.8) is 0 Å². The zero-order valence-electron chi connectivity index (χ0n) is 11.5. The van der Waals surface area contributed by atoms with E-state index in [1.165, 1.54) is 11.8 Å². The summed E-state index contributed by atoms with van der Waals surface area (Å²) < 4.78 is -0.897. The second-order valence-electron chi connectivity index (χ2n) is 5.34. The molecule has 4 nitrogen and oxygen atoms in total. The van der Waals surface area contributed by atoms with Crippen molar-refractivity contribution < 1.29 is 0 Å². The SMILES string of the molecule is N#CC1(C#N)CC2CSC(c3ccccc3)(S2)C1(C#N)C#N. The van der Waals surface area contributed by atoms with Gasteiger partial charge in [-0.2, -0.15) is 21.0 Å². The first kappa shape index (κ1) is 14.8. The normalized spacial score (nSPS) is 30.3. The fourth-order valence-corrected chi connectivity index (χ4v) is 7.46. The van der Waals surface area contributed by atoms with Crippen LogP contribution in [0.2, 0.25) is 0 Å². The third kappa shape index (κ3) is 1.52. The lowest BCUT2D eigenvalue weighted by atomic mass is 9.60. The molecule has 22 heavy (non-hydrogen) atoms. The van der Waals surface area contributed by atoms with E-state index in [1.807, 2.05) is 42.5 Å². The zero-order chi connectivity index (χ0) is 15.8. The molecule has 2 fully saturated rings. The van der Waals surface area contributed by atoms with Crippen LogP contribution in [0.4, 0.5) is 0 Å². The van der Waals surface area contributed by atoms with Gasteiger partial charge in [0.2, 0.25) is 5.41 Å². The number of fused-ring (bicyclic) bond motifs is 2. The number of hydrogen-bond acceptors (Lipinski definition) is 6. The van der Waals surface area contributed by atoms with Crippen molar-refractivity contribution >= 4 is 23.5 Å². The molecular formula is C16H10N4S2. The number of thioether (sulfide) groups is 2. The van der Waals surface area contributed by atoms with Crippen LogP contribution in [0.5, 0.6) is 0 Å². The molecule has 2 saturated heterocycles. The number of nitrogens with zero attached hydrogens (tertiary/aromatic N) is 4. The molecule has 2 atom stereocenters. The molecule has 1 aromatic carbocycles. The second-order valence-corrected chi connectivity index (χ2v) is 8.35. The fourth-order valence-electron chi connectivity index (χ4n) is 3.26. The summed E-state index contributed by atoms with van der Waals surface area (Å²) in [5, 5.41) is 39.2. The average molecular weight is 322 g/mol. The van der Waals surface area contributed by atoms with E-state index in [2.05, 4.69) is 12.1 Å². The Bertz CT molecular complexity index is 750. The predicted octanol–water partition coefficient (Wildman–Crippen LogP) is 3.16. The topological polar surface area (TPSA) is 95.2 Å². The van der Waals surface area contributed by atoms with E-state index in [4.69, 9.17) is 0 Å². The number of hydrogen-bond donors (Lipinski definition) is 0. The number of benzene rings is 1. The highest BCUT2D eigenvalue weighted by Gasteiger charge is 2.74. The quantitative estimate of drug-likeness (QED) is 0.788. The van der Waals surface area contributed by atoms with Crippen molar-refractivity contribution in [2.75, 3.05) is 5.75 Å². The molecular weight excluding hydrogens is 312 g/mol. The van der Waals surface area contributed by atoms with Gasteiger partial charge in [0.1, 0.15) is 4.08 Å². The van der Waals surface area contributed by atoms with Crippen molar-refractivity contribution in [3.05, 3.63) is 35.9 Å². The number of nitriles is 4. The molecule has 2 unspecified atom stereocenters. The van der Waals surface area contributed by atoms with Crippen LogP contribution in [0.1, 0.15) is 12.0 Å². The third-order valence-electron chi connectivity index (χ3n) is 4.34. The summed E-state index contributed by atoms with van der Waals surface area (Å²) in [5.74, 6) is 0.732. The zero-order valence-corrected chi connectivity index (χ0v) is 13.1. The van der Waals surface area contributed by atoms with Gasteiger partial charge in [0, 0.05) is 11.0 Å². The second kappa shape index (κ2) is 4.96. The maximum absolute atomic E-state index is 9.88. The lowest BCUT2D eigenvalue weighted by molar-refractivity contribution is 0.250. The summed E-state index contributed by atoms with van der Waals surface area (Å²) in [6.45, 7) is 0. The summed E-state index contributed by atoms with van der Waals surface area (Å²) in [6, 6.07) is 17.5. The van der Waals surface area contributed by atoms with Gasteiger partial charge in [-0.15, -0.1) is 23.5 Å². The third-order valence-corrected chi connectivity index (χ3v) is 8.25. The first-order chi connectivity index (χ1) is 10.6. The van der Waals surface area contributed by atoms with Gasteiger partial charge in [-0.05, 0) is 12.0 Å². The molecule has 2 bridgehead atoms. The Balaban J connectivity index is 2.35. The van der Waals surface area contributed by atoms with E-state index < -0.39 is 14.9 Å². The molecule has 1 aromatic rings. The van der Waals surface area contributed by atoms with Crippen LogP contribution < -0.4 is 0 Å². The van der Waals surface area contributed by atoms with E-state index in [-0.39, 0.29) is 11.7 Å². The van der Waals surface area contributed by atoms with Gasteiger partial charge in [-0.25, -0.2) is 0 Å². The summed E-state index contributed by atoms with van der Waals surface area (Å²) >= 11 is 3.08. The van der Waals surface area contributed by atoms with Gasteiger partial charge in [0.25, 0.3) is 0 Å². The molecule has 3 rings (SSSR count). The highest BCUT2D eigenvalue weighted by molar-refractivity contribution is 8.21. The molecule has 6 heteroatoms. The molecule has 0 spiro atoms. The minimum Gasteiger partial charge on any atom is -0.196 e. The van der Waals surface area contributed by atoms with Crippen molar-refractivity contribution in [1.29, 1.82) is 21.0 Å². The van der Waals surface area contributed by atoms with E-state index >= 15 is 0 Å². The van der Waals surface area contributed by atoms with E-state index in [9.17, 15) is 21.0 Å². The standard InChI is InChI=1S/C16H10N4S2/c17-8-14(9-18)6-13-7-21-16(22-13,15(14,10-19)11-20)12-4-2-1-3-5-12/h1-5,13H,6-7H2. The van der Waals surface area contributed by atoms with Crippen molar-refractivity contribution in [1.82, 2.24) is 0 Å². The molecule has 0 saturated carbocycles. The Kier molecular flexibility index (Phi) is 3.34. The van der Waals surface area contributed by atoms with E-state index in [1.54, 1.807) is 11.8 Å². The van der Waals surface area contributed by atoms with Crippen LogP contribution >= 0.6 is 23.5 Å². The average Bonchev–Trinajstić information content (AvgIpc) is 2.97. The molecule has 0 N–H and O–H groups in total. The Morgan fingerprint density at radius 1 is 0.955 bits per heavy atom. The minimum atomic E-state index is -1.70. The predicted molar refractivity (Wildman–Crippen MR) is 83.9 cm³/mol. The van der Waals surface area contributed by atoms with Crippen LogP contribution in [-0.2, 0) is 4.08 Å². The van der Waals surface area contributed by atoms with Gasteiger partial charge < -0.3 is 0 Å². The maximum Gasteiger partial charge on any atom is 0.203 e. The minimum absolute atomic E-state index is 0.0966. The number of rotatable bonds is 1. The Hall–Kier alpha value is -2.12. The van der Waals surface area contributed by atoms with Crippen LogP contribution in [0.15, 0.2) is 30.3 Å². The van der Waals surface area contributed by atoms with Crippen LogP contribution in [0, 0.1) is 56.2 Å². The van der Waals surface area contributed by atoms with Gasteiger partial charge in [-0.1, -0.05) is 30.3 Å². The summed E-state index contributed by atoms with van der Waals surface area (Å²) in [6.07, 6.45) is 0.257. The van der Waals surface area contributed by atoms with Crippen LogP contribution in [0.3, 0.4) is 0 Å². The van der Waals surface area contributed by atoms with Crippen LogP contribution in [-0.4, -0.2) is 11.0 Å². The molecule has 0 aliphatic carbocycles. The molecule has 0 amide bonds. The van der Waals surface area contributed by atoms with Gasteiger partial charge >= 0.3 is 0 Å². The molecule has 0 radical (unpaired) electrons. The molecule has 2 aliphatic rings. The van der Waals surface area contributed by atoms with Crippen LogP contribution in [0.25, 0.3) is 0 Å². The first-order valence-electron chi connectivity index (χ1n) is 6.66. The summed E-state index contributed by atoms with van der Waals surface area (Å²) in [7, 11) is 0. The van der Waals surface area contributed by atoms with Gasteiger partial charge in [0.15, 0.2) is 5.41 Å². The summed E-state index contributed by atoms with van der Waals surface area (Å²) in [4.78, 5) is 0. The van der Waals surface area contributed by atoms with E-state index in [0.717, 1.165) is 11.3 Å². The smallest absolute Gasteiger partial charge is 0.196 e. The van der Waals surface area contributed by atoms with Crippen molar-refractivity contribution in [2.45, 2.75) is 15.7 Å². The molecule has 2 aliphatic heterocycles. The lowest BCUT2D eigenvalue weighted by Gasteiger charge is -2.47. The van der Waals surface area contributed by atoms with Gasteiger partial charge in [-0.3, -0.25) is 0 Å². The Labute approximate surface area is 137 Å². The maximum atomic E-state index is 9.88. The summed E-state index contributed by atoms with van der Waals surface area (Å²) in [5.41, 5.74) is -2.48. The molecule has 2 heterocycles. The van der Waals surface area contributed by atoms with Crippen molar-refractivity contribution in [3.8, 4) is 24.3 Å². The molecule has 106 valence electrons. The van der Waals surface area contributed by atoms with E-state index in [0.29, 0.717) is 0 Å². The monoisotopic (exact) mass is 322 g/mol. The first-order valence-corrected chi connectivity index (χ1v) is 8.52. The molecule has 0 aromatic heterocycles. The highest BCUT2D eigenvalue weighted by atomic mass is 32.2. The fraction of sp³-hybridized carbons (Fsp3) is 0.375.